The zero-order valence-corrected chi connectivity index (χ0v) is 26.6. The molecule has 242 valence electrons. The molecule has 3 fully saturated rings. The number of fused-ring (bicyclic) bond motifs is 1. The van der Waals surface area contributed by atoms with E-state index in [1.807, 2.05) is 11.8 Å². The molecule has 1 atom stereocenters. The number of hydrogen-bond acceptors (Lipinski definition) is 9. The van der Waals surface area contributed by atoms with Crippen molar-refractivity contribution in [1.29, 1.82) is 5.26 Å². The van der Waals surface area contributed by atoms with Crippen LogP contribution in [0.3, 0.4) is 0 Å². The van der Waals surface area contributed by atoms with Crippen molar-refractivity contribution < 1.29 is 18.3 Å². The van der Waals surface area contributed by atoms with Crippen LogP contribution in [-0.4, -0.2) is 66.8 Å². The van der Waals surface area contributed by atoms with Crippen molar-refractivity contribution in [3.8, 4) is 23.0 Å². The number of benzene rings is 1. The first-order valence-electron chi connectivity index (χ1n) is 15.9. The average Bonchev–Trinajstić information content (AvgIpc) is 3.94. The molecular weight excluding hydrogens is 606 g/mol. The van der Waals surface area contributed by atoms with Gasteiger partial charge in [-0.3, -0.25) is 0 Å². The molecule has 1 saturated heterocycles. The lowest BCUT2D eigenvalue weighted by molar-refractivity contribution is 0.0218. The Labute approximate surface area is 269 Å². The minimum absolute atomic E-state index is 0.0201. The molecule has 47 heavy (non-hydrogen) atoms. The molecule has 13 heteroatoms. The number of nitriles is 1. The van der Waals surface area contributed by atoms with Gasteiger partial charge in [-0.2, -0.15) is 10.2 Å². The molecule has 3 aromatic heterocycles. The number of piperazine rings is 1. The molecule has 0 radical (unpaired) electrons. The number of carbonyl (C=O) groups is 1. The van der Waals surface area contributed by atoms with Crippen LogP contribution in [0.1, 0.15) is 82.4 Å². The highest BCUT2D eigenvalue weighted by molar-refractivity contribution is 5.90. The van der Waals surface area contributed by atoms with Gasteiger partial charge in [-0.1, -0.05) is 12.1 Å². The first kappa shape index (κ1) is 30.7. The predicted molar refractivity (Wildman–Crippen MR) is 169 cm³/mol. The van der Waals surface area contributed by atoms with Crippen LogP contribution in [0.4, 0.5) is 19.4 Å². The summed E-state index contributed by atoms with van der Waals surface area (Å²) in [6, 6.07) is 8.73. The second kappa shape index (κ2) is 11.4. The summed E-state index contributed by atoms with van der Waals surface area (Å²) < 4.78 is 38.0. The molecule has 0 bridgehead atoms. The van der Waals surface area contributed by atoms with E-state index in [0.717, 1.165) is 25.7 Å². The summed E-state index contributed by atoms with van der Waals surface area (Å²) in [5, 5.41) is 9.97. The van der Waals surface area contributed by atoms with Gasteiger partial charge < -0.3 is 14.5 Å². The zero-order valence-electron chi connectivity index (χ0n) is 26.6. The van der Waals surface area contributed by atoms with Crippen molar-refractivity contribution in [3.63, 3.8) is 0 Å². The molecule has 4 aromatic rings. The molecule has 0 unspecified atom stereocenters. The van der Waals surface area contributed by atoms with Gasteiger partial charge in [0.15, 0.2) is 5.65 Å². The first-order chi connectivity index (χ1) is 22.4. The number of ether oxygens (including phenoxy) is 1. The van der Waals surface area contributed by atoms with E-state index in [-0.39, 0.29) is 64.9 Å². The number of anilines is 1. The van der Waals surface area contributed by atoms with Crippen LogP contribution in [0.5, 0.6) is 0 Å². The molecule has 11 nitrogen and oxygen atoms in total. The smallest absolute Gasteiger partial charge is 0.410 e. The summed E-state index contributed by atoms with van der Waals surface area (Å²) >= 11 is 0. The third-order valence-electron chi connectivity index (χ3n) is 8.67. The Balaban J connectivity index is 1.44. The van der Waals surface area contributed by atoms with E-state index in [1.54, 1.807) is 31.7 Å². The number of carbonyl (C=O) groups excluding carboxylic acids is 1. The van der Waals surface area contributed by atoms with E-state index in [1.165, 1.54) is 28.8 Å². The lowest BCUT2D eigenvalue weighted by Gasteiger charge is -2.41. The number of pyridine rings is 1. The molecule has 0 spiro atoms. The normalized spacial score (nSPS) is 18.4. The standard InChI is InChI=1S/C34H34F2N8O3/c1-18-17-42(33(46)47-34(2,3)4)13-14-43(18)30-22-15-24(36)28(21-7-5-6-8-23(21)35)40-31(22)44(32(45)41-30)29-26(19-9-10-19)38-25(16-37)39-27(29)20-11-12-20/h5-8,15,18-20H,9-14,17H2,1-4H3/t18-/m0/s1. The molecule has 1 aliphatic heterocycles. The summed E-state index contributed by atoms with van der Waals surface area (Å²) in [7, 11) is 0. The second-order valence-electron chi connectivity index (χ2n) is 13.5. The summed E-state index contributed by atoms with van der Waals surface area (Å²) in [6.07, 6.45) is 2.89. The Morgan fingerprint density at radius 1 is 0.979 bits per heavy atom. The third-order valence-corrected chi connectivity index (χ3v) is 8.67. The zero-order chi connectivity index (χ0) is 33.2. The van der Waals surface area contributed by atoms with E-state index < -0.39 is 29.0 Å². The van der Waals surface area contributed by atoms with Gasteiger partial charge in [0.25, 0.3) is 0 Å². The minimum Gasteiger partial charge on any atom is -0.444 e. The molecule has 7 rings (SSSR count). The van der Waals surface area contributed by atoms with E-state index in [0.29, 0.717) is 23.6 Å². The summed E-state index contributed by atoms with van der Waals surface area (Å²) in [5.74, 6) is -1.16. The van der Waals surface area contributed by atoms with Gasteiger partial charge >= 0.3 is 11.8 Å². The van der Waals surface area contributed by atoms with Crippen molar-refractivity contribution in [3.05, 3.63) is 69.7 Å². The molecule has 4 heterocycles. The largest absolute Gasteiger partial charge is 0.444 e. The highest BCUT2D eigenvalue weighted by Crippen LogP contribution is 2.48. The van der Waals surface area contributed by atoms with E-state index in [4.69, 9.17) is 4.74 Å². The lowest BCUT2D eigenvalue weighted by Crippen LogP contribution is -2.55. The van der Waals surface area contributed by atoms with Gasteiger partial charge in [-0.05, 0) is 71.6 Å². The number of aromatic nitrogens is 5. The van der Waals surface area contributed by atoms with Crippen molar-refractivity contribution >= 4 is 22.9 Å². The summed E-state index contributed by atoms with van der Waals surface area (Å²) in [6.45, 7) is 8.15. The lowest BCUT2D eigenvalue weighted by atomic mass is 10.1. The number of halogens is 2. The van der Waals surface area contributed by atoms with Crippen molar-refractivity contribution in [2.75, 3.05) is 24.5 Å². The topological polar surface area (TPSA) is 130 Å². The second-order valence-corrected chi connectivity index (χ2v) is 13.5. The Morgan fingerprint density at radius 2 is 1.64 bits per heavy atom. The van der Waals surface area contributed by atoms with Gasteiger partial charge in [-0.15, -0.1) is 0 Å². The van der Waals surface area contributed by atoms with Gasteiger partial charge in [0.2, 0.25) is 5.82 Å². The Bertz CT molecular complexity index is 1990. The van der Waals surface area contributed by atoms with Crippen LogP contribution in [0.25, 0.3) is 28.0 Å². The maximum Gasteiger partial charge on any atom is 0.410 e. The van der Waals surface area contributed by atoms with Crippen molar-refractivity contribution in [1.82, 2.24) is 29.4 Å². The summed E-state index contributed by atoms with van der Waals surface area (Å²) in [5.41, 5.74) is -0.00703. The molecular formula is C34H34F2N8O3. The molecule has 1 aromatic carbocycles. The van der Waals surface area contributed by atoms with Gasteiger partial charge in [0, 0.05) is 43.1 Å². The van der Waals surface area contributed by atoms with Crippen LogP contribution >= 0.6 is 0 Å². The highest BCUT2D eigenvalue weighted by atomic mass is 19.1. The molecule has 2 aliphatic carbocycles. The Morgan fingerprint density at radius 3 is 2.21 bits per heavy atom. The Hall–Kier alpha value is -4.99. The predicted octanol–water partition coefficient (Wildman–Crippen LogP) is 5.59. The monoisotopic (exact) mass is 640 g/mol. The van der Waals surface area contributed by atoms with Crippen LogP contribution < -0.4 is 10.6 Å². The molecule has 2 saturated carbocycles. The number of rotatable bonds is 5. The highest BCUT2D eigenvalue weighted by Gasteiger charge is 2.38. The third kappa shape index (κ3) is 5.77. The first-order valence-corrected chi connectivity index (χ1v) is 15.9. The van der Waals surface area contributed by atoms with Crippen molar-refractivity contribution in [2.24, 2.45) is 0 Å². The quantitative estimate of drug-likeness (QED) is 0.274. The van der Waals surface area contributed by atoms with Crippen LogP contribution in [0, 0.1) is 23.0 Å². The van der Waals surface area contributed by atoms with Gasteiger partial charge in [-0.25, -0.2) is 37.9 Å². The van der Waals surface area contributed by atoms with E-state index in [2.05, 4.69) is 26.0 Å². The van der Waals surface area contributed by atoms with Crippen LogP contribution in [-0.2, 0) is 4.74 Å². The van der Waals surface area contributed by atoms with Crippen LogP contribution in [0.2, 0.25) is 0 Å². The maximum atomic E-state index is 16.0. The van der Waals surface area contributed by atoms with Gasteiger partial charge in [0.1, 0.15) is 34.8 Å². The SMILES string of the molecule is C[C@H]1CN(C(=O)OC(C)(C)C)CCN1c1nc(=O)n(-c2c(C3CC3)nc(C#N)nc2C2CC2)c2nc(-c3ccccc3F)c(F)cc12. The summed E-state index contributed by atoms with van der Waals surface area (Å²) in [4.78, 5) is 48.9. The number of nitrogens with zero attached hydrogens (tertiary/aromatic N) is 8. The fourth-order valence-electron chi connectivity index (χ4n) is 6.18. The minimum atomic E-state index is -0.781. The number of hydrogen-bond donors (Lipinski definition) is 0. The van der Waals surface area contributed by atoms with Gasteiger partial charge in [0.05, 0.1) is 22.5 Å². The van der Waals surface area contributed by atoms with E-state index >= 15 is 8.78 Å². The number of amides is 1. The molecule has 3 aliphatic rings. The molecule has 1 amide bonds. The average molecular weight is 641 g/mol. The fourth-order valence-corrected chi connectivity index (χ4v) is 6.18. The maximum absolute atomic E-state index is 16.0. The van der Waals surface area contributed by atoms with Crippen molar-refractivity contribution in [2.45, 2.75) is 76.9 Å². The Kier molecular flexibility index (Phi) is 7.41. The molecule has 0 N–H and O–H groups in total. The fraction of sp³-hybridized carbons (Fsp3) is 0.441. The van der Waals surface area contributed by atoms with Crippen LogP contribution in [0.15, 0.2) is 35.1 Å². The van der Waals surface area contributed by atoms with E-state index in [9.17, 15) is 14.9 Å².